The monoisotopic (exact) mass is 402 g/mol. The first-order valence-electron chi connectivity index (χ1n) is 9.25. The first-order chi connectivity index (χ1) is 13.4. The molecule has 150 valence electrons. The second-order valence-corrected chi connectivity index (χ2v) is 9.44. The number of carbonyl (C=O) groups excluding carboxylic acids is 1. The molecule has 3 rings (SSSR count). The van der Waals surface area contributed by atoms with Crippen molar-refractivity contribution in [2.24, 2.45) is 0 Å². The zero-order valence-electron chi connectivity index (χ0n) is 16.2. The number of pyridine rings is 1. The molecule has 0 radical (unpaired) electrons. The molecule has 1 unspecified atom stereocenters. The lowest BCUT2D eigenvalue weighted by atomic mass is 10.0. The van der Waals surface area contributed by atoms with E-state index < -0.39 is 15.9 Å². The number of sulfone groups is 1. The van der Waals surface area contributed by atoms with Crippen LogP contribution < -0.4 is 10.2 Å². The van der Waals surface area contributed by atoms with Crippen LogP contribution in [0.4, 0.5) is 5.82 Å². The maximum absolute atomic E-state index is 13.0. The molecule has 1 N–H and O–H groups in total. The summed E-state index contributed by atoms with van der Waals surface area (Å²) in [7, 11) is 0.838. The van der Waals surface area contributed by atoms with Crippen LogP contribution in [0, 0.1) is 0 Å². The Morgan fingerprint density at radius 1 is 1.14 bits per heavy atom. The molecule has 0 saturated carbocycles. The highest BCUT2D eigenvalue weighted by Crippen LogP contribution is 2.23. The maximum atomic E-state index is 13.0. The van der Waals surface area contributed by atoms with Gasteiger partial charge < -0.3 is 10.2 Å². The summed E-state index contributed by atoms with van der Waals surface area (Å²) in [4.78, 5) is 21.2. The number of anilines is 1. The lowest BCUT2D eigenvalue weighted by Gasteiger charge is -2.33. The Balaban J connectivity index is 1.72. The molecule has 7 nitrogen and oxygen atoms in total. The minimum Gasteiger partial charge on any atom is -0.363 e. The molecule has 2 aromatic rings. The average Bonchev–Trinajstić information content (AvgIpc) is 2.69. The van der Waals surface area contributed by atoms with Crippen molar-refractivity contribution < 1.29 is 13.2 Å². The van der Waals surface area contributed by atoms with Crippen molar-refractivity contribution in [2.45, 2.75) is 12.6 Å². The van der Waals surface area contributed by atoms with Crippen molar-refractivity contribution in [3.05, 3.63) is 59.8 Å². The molecule has 8 heteroatoms. The Bertz CT molecular complexity index is 885. The fourth-order valence-corrected chi connectivity index (χ4v) is 4.45. The summed E-state index contributed by atoms with van der Waals surface area (Å²) in [6.07, 6.45) is 1.75. The van der Waals surface area contributed by atoms with Gasteiger partial charge in [-0.25, -0.2) is 13.4 Å². The number of rotatable bonds is 6. The van der Waals surface area contributed by atoms with Gasteiger partial charge in [0.1, 0.15) is 11.9 Å². The number of nitrogens with zero attached hydrogens (tertiary/aromatic N) is 3. The third-order valence-electron chi connectivity index (χ3n) is 4.84. The second kappa shape index (κ2) is 8.70. The highest BCUT2D eigenvalue weighted by atomic mass is 32.2. The molecule has 0 spiro atoms. The van der Waals surface area contributed by atoms with E-state index in [1.165, 1.54) is 0 Å². The number of hydrogen-bond acceptors (Lipinski definition) is 6. The topological polar surface area (TPSA) is 82.6 Å². The van der Waals surface area contributed by atoms with Crippen molar-refractivity contribution in [1.82, 2.24) is 15.2 Å². The summed E-state index contributed by atoms with van der Waals surface area (Å²) in [5.74, 6) is 0.882. The molecule has 28 heavy (non-hydrogen) atoms. The van der Waals surface area contributed by atoms with Gasteiger partial charge in [-0.15, -0.1) is 0 Å². The van der Waals surface area contributed by atoms with Crippen LogP contribution in [0.2, 0.25) is 0 Å². The fraction of sp³-hybridized carbons (Fsp3) is 0.400. The van der Waals surface area contributed by atoms with Crippen LogP contribution in [0.5, 0.6) is 0 Å². The zero-order valence-corrected chi connectivity index (χ0v) is 17.0. The minimum absolute atomic E-state index is 0.0829. The molecule has 1 atom stereocenters. The second-order valence-electron chi connectivity index (χ2n) is 7.14. The number of amides is 1. The van der Waals surface area contributed by atoms with Gasteiger partial charge in [0.05, 0.1) is 11.5 Å². The third-order valence-corrected chi connectivity index (χ3v) is 6.45. The predicted octanol–water partition coefficient (Wildman–Crippen LogP) is 1.24. The lowest BCUT2D eigenvalue weighted by molar-refractivity contribution is -0.126. The van der Waals surface area contributed by atoms with E-state index >= 15 is 0 Å². The van der Waals surface area contributed by atoms with Gasteiger partial charge in [0.25, 0.3) is 0 Å². The Morgan fingerprint density at radius 3 is 2.39 bits per heavy atom. The summed E-state index contributed by atoms with van der Waals surface area (Å²) in [6.45, 7) is 1.08. The normalized spacial score (nSPS) is 17.6. The van der Waals surface area contributed by atoms with Gasteiger partial charge in [-0.3, -0.25) is 9.69 Å². The molecule has 0 bridgehead atoms. The van der Waals surface area contributed by atoms with E-state index in [0.29, 0.717) is 19.6 Å². The first-order valence-corrected chi connectivity index (χ1v) is 11.1. The van der Waals surface area contributed by atoms with E-state index in [9.17, 15) is 13.2 Å². The Hall–Kier alpha value is -2.45. The predicted molar refractivity (Wildman–Crippen MR) is 110 cm³/mol. The molecule has 1 aliphatic heterocycles. The molecular weight excluding hydrogens is 376 g/mol. The molecule has 1 fully saturated rings. The molecule has 1 amide bonds. The van der Waals surface area contributed by atoms with Crippen molar-refractivity contribution in [1.29, 1.82) is 0 Å². The third kappa shape index (κ3) is 5.08. The summed E-state index contributed by atoms with van der Waals surface area (Å²) in [5.41, 5.74) is 1.77. The number of hydrogen-bond donors (Lipinski definition) is 1. The van der Waals surface area contributed by atoms with Gasteiger partial charge in [0.2, 0.25) is 5.91 Å². The highest BCUT2D eigenvalue weighted by Gasteiger charge is 2.32. The molecule has 0 aliphatic carbocycles. The Labute approximate surface area is 166 Å². The van der Waals surface area contributed by atoms with Crippen molar-refractivity contribution >= 4 is 21.6 Å². The van der Waals surface area contributed by atoms with Gasteiger partial charge in [-0.1, -0.05) is 36.4 Å². The van der Waals surface area contributed by atoms with Gasteiger partial charge >= 0.3 is 0 Å². The number of carbonyl (C=O) groups is 1. The van der Waals surface area contributed by atoms with Crippen LogP contribution in [-0.4, -0.2) is 62.9 Å². The Kier molecular flexibility index (Phi) is 6.31. The van der Waals surface area contributed by atoms with E-state index in [2.05, 4.69) is 10.3 Å². The smallest absolute Gasteiger partial charge is 0.242 e. The van der Waals surface area contributed by atoms with Crippen molar-refractivity contribution in [2.75, 3.05) is 43.6 Å². The molecule has 1 saturated heterocycles. The summed E-state index contributed by atoms with van der Waals surface area (Å²) in [5, 5.41) is 2.98. The van der Waals surface area contributed by atoms with Gasteiger partial charge in [0, 0.05) is 39.9 Å². The largest absolute Gasteiger partial charge is 0.363 e. The number of nitrogens with one attached hydrogen (secondary N) is 1. The van der Waals surface area contributed by atoms with Crippen LogP contribution >= 0.6 is 0 Å². The van der Waals surface area contributed by atoms with Crippen LogP contribution in [-0.2, 0) is 21.2 Å². The van der Waals surface area contributed by atoms with E-state index in [-0.39, 0.29) is 17.4 Å². The molecule has 2 heterocycles. The van der Waals surface area contributed by atoms with Gasteiger partial charge in [-0.05, 0) is 17.2 Å². The quantitative estimate of drug-likeness (QED) is 0.783. The van der Waals surface area contributed by atoms with Gasteiger partial charge in [0.15, 0.2) is 9.84 Å². The fourth-order valence-electron chi connectivity index (χ4n) is 3.22. The van der Waals surface area contributed by atoms with Crippen molar-refractivity contribution in [3.63, 3.8) is 0 Å². The highest BCUT2D eigenvalue weighted by molar-refractivity contribution is 7.91. The summed E-state index contributed by atoms with van der Waals surface area (Å²) in [6, 6.07) is 12.8. The van der Waals surface area contributed by atoms with E-state index in [1.54, 1.807) is 6.20 Å². The van der Waals surface area contributed by atoms with Crippen LogP contribution in [0.25, 0.3) is 0 Å². The van der Waals surface area contributed by atoms with E-state index in [4.69, 9.17) is 0 Å². The maximum Gasteiger partial charge on any atom is 0.242 e. The van der Waals surface area contributed by atoms with Crippen LogP contribution in [0.15, 0.2) is 48.7 Å². The Morgan fingerprint density at radius 2 is 1.82 bits per heavy atom. The zero-order chi connectivity index (χ0) is 20.1. The van der Waals surface area contributed by atoms with Crippen molar-refractivity contribution in [3.8, 4) is 0 Å². The molecule has 1 aliphatic rings. The van der Waals surface area contributed by atoms with E-state index in [0.717, 1.165) is 16.9 Å². The molecule has 1 aromatic heterocycles. The number of benzene rings is 1. The van der Waals surface area contributed by atoms with Crippen LogP contribution in [0.3, 0.4) is 0 Å². The first kappa shape index (κ1) is 20.3. The minimum atomic E-state index is -3.01. The number of aromatic nitrogens is 1. The SMILES string of the molecule is CN(C)c1ccc(CNC(=O)C(c2ccccc2)N2CCS(=O)(=O)CC2)cn1. The molecular formula is C20H26N4O3S. The molecule has 1 aromatic carbocycles. The van der Waals surface area contributed by atoms with Crippen LogP contribution in [0.1, 0.15) is 17.2 Å². The van der Waals surface area contributed by atoms with Gasteiger partial charge in [-0.2, -0.15) is 0 Å². The summed E-state index contributed by atoms with van der Waals surface area (Å²) >= 11 is 0. The standard InChI is InChI=1S/C20H26N4O3S/c1-23(2)18-9-8-16(14-21-18)15-22-20(25)19(17-6-4-3-5-7-17)24-10-12-28(26,27)13-11-24/h3-9,14,19H,10-13,15H2,1-2H3,(H,22,25). The lowest BCUT2D eigenvalue weighted by Crippen LogP contribution is -2.47. The van der Waals surface area contributed by atoms with E-state index in [1.807, 2.05) is 66.4 Å². The average molecular weight is 403 g/mol. The summed E-state index contributed by atoms with van der Waals surface area (Å²) < 4.78 is 23.5.